The van der Waals surface area contributed by atoms with E-state index in [1.165, 1.54) is 38.2 Å². The highest BCUT2D eigenvalue weighted by Gasteiger charge is 2.22. The van der Waals surface area contributed by atoms with Gasteiger partial charge in [0.05, 0.1) is 18.0 Å². The number of ether oxygens (including phenoxy) is 1. The molecule has 2 aromatic rings. The summed E-state index contributed by atoms with van der Waals surface area (Å²) in [4.78, 5) is 23.3. The highest BCUT2D eigenvalue weighted by atomic mass is 32.2. The normalized spacial score (nSPS) is 11.3. The Labute approximate surface area is 170 Å². The van der Waals surface area contributed by atoms with E-state index in [0.29, 0.717) is 12.3 Å². The molecule has 0 heterocycles. The zero-order valence-corrected chi connectivity index (χ0v) is 17.5. The number of likely N-dealkylation sites (N-methyl/N-ethyl adjacent to an activating group) is 1. The first-order chi connectivity index (χ1) is 13.7. The van der Waals surface area contributed by atoms with Crippen molar-refractivity contribution in [1.29, 1.82) is 0 Å². The summed E-state index contributed by atoms with van der Waals surface area (Å²) in [5.41, 5.74) is 2.38. The van der Waals surface area contributed by atoms with Gasteiger partial charge in [0.15, 0.2) is 0 Å². The van der Waals surface area contributed by atoms with Crippen LogP contribution >= 0.6 is 0 Å². The second kappa shape index (κ2) is 10.1. The van der Waals surface area contributed by atoms with Crippen LogP contribution in [-0.2, 0) is 37.5 Å². The maximum atomic E-state index is 12.6. The Morgan fingerprint density at radius 1 is 1.07 bits per heavy atom. The molecule has 0 aromatic heterocycles. The van der Waals surface area contributed by atoms with Crippen LogP contribution in [0, 0.1) is 0 Å². The summed E-state index contributed by atoms with van der Waals surface area (Å²) in [7, 11) is -0.881. The summed E-state index contributed by atoms with van der Waals surface area (Å²) in [6.07, 6.45) is 0. The monoisotopic (exact) mass is 419 g/mol. The number of rotatable bonds is 9. The molecule has 0 bridgehead atoms. The van der Waals surface area contributed by atoms with E-state index in [0.717, 1.165) is 15.4 Å². The number of methoxy groups -OCH3 is 1. The van der Waals surface area contributed by atoms with Crippen LogP contribution in [0.5, 0.6) is 0 Å². The van der Waals surface area contributed by atoms with Gasteiger partial charge in [0.25, 0.3) is 0 Å². The van der Waals surface area contributed by atoms with E-state index in [2.05, 4.69) is 10.6 Å². The molecule has 2 rings (SSSR count). The molecule has 9 heteroatoms. The highest BCUT2D eigenvalue weighted by Crippen LogP contribution is 2.17. The van der Waals surface area contributed by atoms with Crippen LogP contribution in [0.1, 0.15) is 18.1 Å². The molecule has 0 aliphatic heterocycles. The summed E-state index contributed by atoms with van der Waals surface area (Å²) in [5, 5.41) is 5.29. The lowest BCUT2D eigenvalue weighted by atomic mass is 10.1. The Bertz CT molecular complexity index is 958. The SMILES string of the molecule is COCc1cccc(CNC(=O)CN(C)S(=O)(=O)c2ccc(NC(C)=O)cc2)c1. The van der Waals surface area contributed by atoms with Crippen LogP contribution < -0.4 is 10.6 Å². The van der Waals surface area contributed by atoms with Gasteiger partial charge in [0.1, 0.15) is 0 Å². The van der Waals surface area contributed by atoms with Crippen LogP contribution in [0.3, 0.4) is 0 Å². The Kier molecular flexibility index (Phi) is 7.89. The maximum absolute atomic E-state index is 12.6. The van der Waals surface area contributed by atoms with Gasteiger partial charge in [-0.05, 0) is 35.4 Å². The number of sulfonamides is 1. The van der Waals surface area contributed by atoms with Gasteiger partial charge in [-0.2, -0.15) is 4.31 Å². The van der Waals surface area contributed by atoms with Crippen molar-refractivity contribution in [3.8, 4) is 0 Å². The first kappa shape index (κ1) is 22.5. The fourth-order valence-corrected chi connectivity index (χ4v) is 3.76. The van der Waals surface area contributed by atoms with Gasteiger partial charge < -0.3 is 15.4 Å². The molecule has 0 aliphatic rings. The lowest BCUT2D eigenvalue weighted by molar-refractivity contribution is -0.121. The topological polar surface area (TPSA) is 105 Å². The third-order valence-corrected chi connectivity index (χ3v) is 5.86. The molecule has 0 spiro atoms. The predicted octanol–water partition coefficient (Wildman–Crippen LogP) is 1.73. The number of carbonyl (C=O) groups excluding carboxylic acids is 2. The summed E-state index contributed by atoms with van der Waals surface area (Å²) in [6.45, 7) is 1.82. The van der Waals surface area contributed by atoms with E-state index in [1.807, 2.05) is 24.3 Å². The zero-order chi connectivity index (χ0) is 21.4. The number of hydrogen-bond donors (Lipinski definition) is 2. The van der Waals surface area contributed by atoms with Crippen LogP contribution in [-0.4, -0.2) is 45.2 Å². The van der Waals surface area contributed by atoms with Gasteiger partial charge in [-0.15, -0.1) is 0 Å². The van der Waals surface area contributed by atoms with E-state index < -0.39 is 15.9 Å². The van der Waals surface area contributed by atoms with E-state index in [1.54, 1.807) is 7.11 Å². The van der Waals surface area contributed by atoms with Crippen molar-refractivity contribution in [3.63, 3.8) is 0 Å². The minimum Gasteiger partial charge on any atom is -0.380 e. The molecule has 8 nitrogen and oxygen atoms in total. The highest BCUT2D eigenvalue weighted by molar-refractivity contribution is 7.89. The van der Waals surface area contributed by atoms with Crippen molar-refractivity contribution in [2.24, 2.45) is 0 Å². The molecule has 0 aliphatic carbocycles. The smallest absolute Gasteiger partial charge is 0.243 e. The third-order valence-electron chi connectivity index (χ3n) is 4.04. The average Bonchev–Trinajstić information content (AvgIpc) is 2.67. The second-order valence-corrected chi connectivity index (χ2v) is 8.54. The first-order valence-corrected chi connectivity index (χ1v) is 10.3. The number of anilines is 1. The van der Waals surface area contributed by atoms with Crippen molar-refractivity contribution in [2.75, 3.05) is 26.0 Å². The molecular formula is C20H25N3O5S. The van der Waals surface area contributed by atoms with E-state index >= 15 is 0 Å². The van der Waals surface area contributed by atoms with Gasteiger partial charge >= 0.3 is 0 Å². The minimum atomic E-state index is -3.83. The number of hydrogen-bond acceptors (Lipinski definition) is 5. The molecule has 156 valence electrons. The number of carbonyl (C=O) groups is 2. The van der Waals surface area contributed by atoms with Gasteiger partial charge in [-0.1, -0.05) is 24.3 Å². The molecule has 0 saturated carbocycles. The first-order valence-electron chi connectivity index (χ1n) is 8.90. The molecule has 0 unspecified atom stereocenters. The molecule has 2 N–H and O–H groups in total. The fourth-order valence-electron chi connectivity index (χ4n) is 2.63. The maximum Gasteiger partial charge on any atom is 0.243 e. The van der Waals surface area contributed by atoms with Gasteiger partial charge in [-0.3, -0.25) is 9.59 Å². The van der Waals surface area contributed by atoms with Crippen molar-refractivity contribution in [2.45, 2.75) is 25.0 Å². The zero-order valence-electron chi connectivity index (χ0n) is 16.6. The van der Waals surface area contributed by atoms with Crippen molar-refractivity contribution < 1.29 is 22.7 Å². The lowest BCUT2D eigenvalue weighted by Crippen LogP contribution is -2.38. The quantitative estimate of drug-likeness (QED) is 0.644. The number of nitrogens with zero attached hydrogens (tertiary/aromatic N) is 1. The summed E-state index contributed by atoms with van der Waals surface area (Å²) in [6, 6.07) is 13.3. The number of benzene rings is 2. The van der Waals surface area contributed by atoms with Crippen molar-refractivity contribution in [3.05, 3.63) is 59.7 Å². The summed E-state index contributed by atoms with van der Waals surface area (Å²) < 4.78 is 31.3. The molecule has 2 aromatic carbocycles. The number of nitrogens with one attached hydrogen (secondary N) is 2. The van der Waals surface area contributed by atoms with Gasteiger partial charge in [0.2, 0.25) is 21.8 Å². The predicted molar refractivity (Wildman–Crippen MR) is 110 cm³/mol. The van der Waals surface area contributed by atoms with Crippen LogP contribution in [0.15, 0.2) is 53.4 Å². The van der Waals surface area contributed by atoms with E-state index in [-0.39, 0.29) is 23.9 Å². The Morgan fingerprint density at radius 2 is 1.72 bits per heavy atom. The molecule has 2 amide bonds. The summed E-state index contributed by atoms with van der Waals surface area (Å²) in [5.74, 6) is -0.662. The van der Waals surface area contributed by atoms with Crippen LogP contribution in [0.2, 0.25) is 0 Å². The van der Waals surface area contributed by atoms with Gasteiger partial charge in [-0.25, -0.2) is 8.42 Å². The van der Waals surface area contributed by atoms with Crippen molar-refractivity contribution in [1.82, 2.24) is 9.62 Å². The van der Waals surface area contributed by atoms with Crippen molar-refractivity contribution >= 4 is 27.5 Å². The van der Waals surface area contributed by atoms with Gasteiger partial charge in [0, 0.05) is 33.3 Å². The lowest BCUT2D eigenvalue weighted by Gasteiger charge is -2.17. The standard InChI is InChI=1S/C20H25N3O5S/c1-15(24)22-18-7-9-19(10-8-18)29(26,27)23(2)13-20(25)21-12-16-5-4-6-17(11-16)14-28-3/h4-11H,12-14H2,1-3H3,(H,21,25)(H,22,24). The molecule has 0 saturated heterocycles. The minimum absolute atomic E-state index is 0.0363. The largest absolute Gasteiger partial charge is 0.380 e. The third kappa shape index (κ3) is 6.67. The Hall–Kier alpha value is -2.75. The second-order valence-electron chi connectivity index (χ2n) is 6.50. The van der Waals surface area contributed by atoms with E-state index in [4.69, 9.17) is 4.74 Å². The molecular weight excluding hydrogens is 394 g/mol. The molecule has 29 heavy (non-hydrogen) atoms. The Balaban J connectivity index is 1.95. The number of amides is 2. The van der Waals surface area contributed by atoms with Crippen LogP contribution in [0.4, 0.5) is 5.69 Å². The average molecular weight is 420 g/mol. The summed E-state index contributed by atoms with van der Waals surface area (Å²) >= 11 is 0. The Morgan fingerprint density at radius 3 is 2.34 bits per heavy atom. The molecule has 0 fully saturated rings. The molecule has 0 radical (unpaired) electrons. The van der Waals surface area contributed by atoms with Crippen LogP contribution in [0.25, 0.3) is 0 Å². The molecule has 0 atom stereocenters. The fraction of sp³-hybridized carbons (Fsp3) is 0.300. The van der Waals surface area contributed by atoms with E-state index in [9.17, 15) is 18.0 Å².